The molecule has 2 aromatic carbocycles. The lowest BCUT2D eigenvalue weighted by Crippen LogP contribution is -2.27. The van der Waals surface area contributed by atoms with E-state index in [0.29, 0.717) is 5.75 Å². The fourth-order valence-electron chi connectivity index (χ4n) is 1.83. The highest BCUT2D eigenvalue weighted by molar-refractivity contribution is 6.07. The van der Waals surface area contributed by atoms with Gasteiger partial charge in [-0.3, -0.25) is 4.79 Å². The molecule has 0 saturated heterocycles. The molecule has 5 heteroatoms. The maximum Gasteiger partial charge on any atom is 0.261 e. The van der Waals surface area contributed by atoms with E-state index in [4.69, 9.17) is 4.74 Å². The molecule has 0 heterocycles. The molecule has 1 N–H and O–H groups in total. The number of benzene rings is 2. The van der Waals surface area contributed by atoms with E-state index in [1.807, 2.05) is 0 Å². The van der Waals surface area contributed by atoms with Crippen LogP contribution in [0.25, 0.3) is 0 Å². The number of nitrogens with zero attached hydrogens (tertiary/aromatic N) is 1. The minimum absolute atomic E-state index is 0.0510. The van der Waals surface area contributed by atoms with Gasteiger partial charge in [-0.2, -0.15) is 0 Å². The predicted octanol–water partition coefficient (Wildman–Crippen LogP) is 2.82. The molecule has 0 unspecified atom stereocenters. The molecule has 0 atom stereocenters. The zero-order valence-electron chi connectivity index (χ0n) is 11.1. The van der Waals surface area contributed by atoms with E-state index >= 15 is 0 Å². The minimum Gasteiger partial charge on any atom is -0.507 e. The second kappa shape index (κ2) is 5.61. The van der Waals surface area contributed by atoms with Crippen molar-refractivity contribution < 1.29 is 19.0 Å². The van der Waals surface area contributed by atoms with Crippen LogP contribution < -0.4 is 9.64 Å². The van der Waals surface area contributed by atoms with Gasteiger partial charge in [-0.25, -0.2) is 4.39 Å². The molecule has 0 aliphatic carbocycles. The van der Waals surface area contributed by atoms with Crippen LogP contribution in [0.15, 0.2) is 42.5 Å². The Labute approximate surface area is 116 Å². The first-order valence-electron chi connectivity index (χ1n) is 5.94. The first-order chi connectivity index (χ1) is 9.54. The molecule has 4 nitrogen and oxygen atoms in total. The number of hydrogen-bond acceptors (Lipinski definition) is 3. The number of ether oxygens (including phenoxy) is 1. The summed E-state index contributed by atoms with van der Waals surface area (Å²) < 4.78 is 18.7. The van der Waals surface area contributed by atoms with Crippen LogP contribution in [-0.2, 0) is 0 Å². The monoisotopic (exact) mass is 275 g/mol. The average molecular weight is 275 g/mol. The maximum atomic E-state index is 13.7. The fourth-order valence-corrected chi connectivity index (χ4v) is 1.83. The van der Waals surface area contributed by atoms with Crippen molar-refractivity contribution in [1.29, 1.82) is 0 Å². The molecular formula is C15H14FNO3. The lowest BCUT2D eigenvalue weighted by molar-refractivity contribution is 0.0989. The molecule has 0 fully saturated rings. The molecule has 2 aromatic rings. The number of methoxy groups -OCH3 is 1. The molecule has 0 aliphatic heterocycles. The van der Waals surface area contributed by atoms with Crippen LogP contribution in [0.3, 0.4) is 0 Å². The predicted molar refractivity (Wildman–Crippen MR) is 73.8 cm³/mol. The van der Waals surface area contributed by atoms with Gasteiger partial charge in [0.25, 0.3) is 5.91 Å². The molecule has 104 valence electrons. The zero-order valence-corrected chi connectivity index (χ0v) is 11.1. The SMILES string of the molecule is COc1ccc(O)c(C(=O)N(C)c2ccccc2F)c1. The van der Waals surface area contributed by atoms with Gasteiger partial charge in [-0.05, 0) is 30.3 Å². The highest BCUT2D eigenvalue weighted by Crippen LogP contribution is 2.26. The Balaban J connectivity index is 2.39. The Morgan fingerprint density at radius 2 is 1.95 bits per heavy atom. The maximum absolute atomic E-state index is 13.7. The fraction of sp³-hybridized carbons (Fsp3) is 0.133. The number of halogens is 1. The highest BCUT2D eigenvalue weighted by Gasteiger charge is 2.20. The van der Waals surface area contributed by atoms with Gasteiger partial charge in [0.1, 0.15) is 17.3 Å². The molecule has 0 spiro atoms. The van der Waals surface area contributed by atoms with Crippen molar-refractivity contribution in [2.75, 3.05) is 19.1 Å². The second-order valence-electron chi connectivity index (χ2n) is 4.20. The van der Waals surface area contributed by atoms with Crippen molar-refractivity contribution in [2.24, 2.45) is 0 Å². The number of carbonyl (C=O) groups excluding carboxylic acids is 1. The number of anilines is 1. The number of phenols is 1. The van der Waals surface area contributed by atoms with Crippen molar-refractivity contribution in [3.05, 3.63) is 53.8 Å². The summed E-state index contributed by atoms with van der Waals surface area (Å²) in [6.07, 6.45) is 0. The van der Waals surface area contributed by atoms with Crippen LogP contribution in [0.2, 0.25) is 0 Å². The van der Waals surface area contributed by atoms with E-state index in [1.165, 1.54) is 44.5 Å². The highest BCUT2D eigenvalue weighted by atomic mass is 19.1. The van der Waals surface area contributed by atoms with Crippen molar-refractivity contribution in [1.82, 2.24) is 0 Å². The summed E-state index contributed by atoms with van der Waals surface area (Å²) in [6.45, 7) is 0. The summed E-state index contributed by atoms with van der Waals surface area (Å²) >= 11 is 0. The lowest BCUT2D eigenvalue weighted by atomic mass is 10.1. The van der Waals surface area contributed by atoms with Gasteiger partial charge in [0.2, 0.25) is 0 Å². The molecule has 1 amide bonds. The van der Waals surface area contributed by atoms with Crippen LogP contribution >= 0.6 is 0 Å². The minimum atomic E-state index is -0.522. The largest absolute Gasteiger partial charge is 0.507 e. The van der Waals surface area contributed by atoms with E-state index in [1.54, 1.807) is 12.1 Å². The van der Waals surface area contributed by atoms with E-state index in [9.17, 15) is 14.3 Å². The molecule has 0 bridgehead atoms. The normalized spacial score (nSPS) is 10.2. The molecule has 0 aromatic heterocycles. The zero-order chi connectivity index (χ0) is 14.7. The number of para-hydroxylation sites is 1. The third kappa shape index (κ3) is 2.56. The number of rotatable bonds is 3. The standard InChI is InChI=1S/C15H14FNO3/c1-17(13-6-4-3-5-12(13)16)15(19)11-9-10(20-2)7-8-14(11)18/h3-9,18H,1-2H3. The van der Waals surface area contributed by atoms with E-state index in [2.05, 4.69) is 0 Å². The number of phenolic OH excluding ortho intramolecular Hbond substituents is 1. The van der Waals surface area contributed by atoms with Gasteiger partial charge in [0.05, 0.1) is 18.4 Å². The van der Waals surface area contributed by atoms with E-state index in [0.717, 1.165) is 4.90 Å². The van der Waals surface area contributed by atoms with Gasteiger partial charge in [0.15, 0.2) is 0 Å². The number of aromatic hydroxyl groups is 1. The van der Waals surface area contributed by atoms with Crippen LogP contribution in [0, 0.1) is 5.82 Å². The summed E-state index contributed by atoms with van der Waals surface area (Å²) in [5, 5.41) is 9.77. The quantitative estimate of drug-likeness (QED) is 0.937. The Bertz CT molecular complexity index is 643. The van der Waals surface area contributed by atoms with Gasteiger partial charge in [-0.15, -0.1) is 0 Å². The van der Waals surface area contributed by atoms with Crippen molar-refractivity contribution >= 4 is 11.6 Å². The van der Waals surface area contributed by atoms with Crippen molar-refractivity contribution in [2.45, 2.75) is 0 Å². The second-order valence-corrected chi connectivity index (χ2v) is 4.20. The van der Waals surface area contributed by atoms with E-state index < -0.39 is 11.7 Å². The van der Waals surface area contributed by atoms with Gasteiger partial charge >= 0.3 is 0 Å². The molecule has 0 radical (unpaired) electrons. The molecular weight excluding hydrogens is 261 g/mol. The Kier molecular flexibility index (Phi) is 3.89. The number of hydrogen-bond donors (Lipinski definition) is 1. The van der Waals surface area contributed by atoms with Gasteiger partial charge in [0, 0.05) is 7.05 Å². The van der Waals surface area contributed by atoms with E-state index in [-0.39, 0.29) is 17.0 Å². The third-order valence-electron chi connectivity index (χ3n) is 2.95. The Hall–Kier alpha value is -2.56. The first-order valence-corrected chi connectivity index (χ1v) is 5.94. The topological polar surface area (TPSA) is 49.8 Å². The molecule has 0 saturated carbocycles. The Morgan fingerprint density at radius 3 is 2.60 bits per heavy atom. The van der Waals surface area contributed by atoms with Gasteiger partial charge < -0.3 is 14.7 Å². The summed E-state index contributed by atoms with van der Waals surface area (Å²) in [5.74, 6) is -0.774. The van der Waals surface area contributed by atoms with Crippen LogP contribution in [0.1, 0.15) is 10.4 Å². The van der Waals surface area contributed by atoms with Crippen molar-refractivity contribution in [3.63, 3.8) is 0 Å². The Morgan fingerprint density at radius 1 is 1.25 bits per heavy atom. The molecule has 0 aliphatic rings. The summed E-state index contributed by atoms with van der Waals surface area (Å²) in [6, 6.07) is 10.2. The van der Waals surface area contributed by atoms with Gasteiger partial charge in [-0.1, -0.05) is 12.1 Å². The number of amides is 1. The van der Waals surface area contributed by atoms with Crippen molar-refractivity contribution in [3.8, 4) is 11.5 Å². The molecule has 20 heavy (non-hydrogen) atoms. The average Bonchev–Trinajstić information content (AvgIpc) is 2.47. The lowest BCUT2D eigenvalue weighted by Gasteiger charge is -2.18. The summed E-state index contributed by atoms with van der Waals surface area (Å²) in [7, 11) is 2.90. The van der Waals surface area contributed by atoms with Crippen LogP contribution in [0.4, 0.5) is 10.1 Å². The smallest absolute Gasteiger partial charge is 0.261 e. The molecule has 2 rings (SSSR count). The summed E-state index contributed by atoms with van der Waals surface area (Å²) in [4.78, 5) is 13.5. The third-order valence-corrected chi connectivity index (χ3v) is 2.95. The van der Waals surface area contributed by atoms with Crippen LogP contribution in [0.5, 0.6) is 11.5 Å². The number of carbonyl (C=O) groups is 1. The summed E-state index contributed by atoms with van der Waals surface area (Å²) in [5.41, 5.74) is 0.190. The first kappa shape index (κ1) is 13.9. The van der Waals surface area contributed by atoms with Crippen LogP contribution in [-0.4, -0.2) is 25.2 Å².